The lowest BCUT2D eigenvalue weighted by Crippen LogP contribution is -2.21. The summed E-state index contributed by atoms with van der Waals surface area (Å²) in [5.41, 5.74) is 0. The Labute approximate surface area is 103 Å². The summed E-state index contributed by atoms with van der Waals surface area (Å²) in [5.74, 6) is 4.15. The van der Waals surface area contributed by atoms with E-state index in [1.165, 1.54) is 0 Å². The lowest BCUT2D eigenvalue weighted by Gasteiger charge is -2.11. The minimum atomic E-state index is 0.606. The van der Waals surface area contributed by atoms with E-state index in [1.54, 1.807) is 0 Å². The molecule has 0 aromatic heterocycles. The van der Waals surface area contributed by atoms with Gasteiger partial charge >= 0.3 is 0 Å². The fourth-order valence-corrected chi connectivity index (χ4v) is 1.36. The Kier molecular flexibility index (Phi) is 6.69. The van der Waals surface area contributed by atoms with Gasteiger partial charge in [-0.2, -0.15) is 0 Å². The minimum Gasteiger partial charge on any atom is -0.490 e. The molecule has 0 saturated carbocycles. The molecule has 17 heavy (non-hydrogen) atoms. The summed E-state index contributed by atoms with van der Waals surface area (Å²) < 4.78 is 11.1. The second kappa shape index (κ2) is 8.49. The van der Waals surface area contributed by atoms with Crippen LogP contribution in [0.1, 0.15) is 13.3 Å². The van der Waals surface area contributed by atoms with Crippen LogP contribution in [0.15, 0.2) is 24.3 Å². The standard InChI is InChI=1S/C14H19NO2/c1-3-5-10-15-11-12-17-14-9-7-6-8-13(14)16-4-2/h1,6-9,15H,4-5,10-12H2,2H3. The molecule has 0 aliphatic heterocycles. The number of hydrogen-bond acceptors (Lipinski definition) is 3. The number of benzene rings is 1. The molecule has 1 rings (SSSR count). The molecule has 1 N–H and O–H groups in total. The smallest absolute Gasteiger partial charge is 0.161 e. The highest BCUT2D eigenvalue weighted by Crippen LogP contribution is 2.25. The van der Waals surface area contributed by atoms with Crippen molar-refractivity contribution >= 4 is 0 Å². The number of rotatable bonds is 8. The topological polar surface area (TPSA) is 30.5 Å². The Morgan fingerprint density at radius 1 is 1.18 bits per heavy atom. The van der Waals surface area contributed by atoms with E-state index < -0.39 is 0 Å². The first-order chi connectivity index (χ1) is 8.38. The lowest BCUT2D eigenvalue weighted by atomic mass is 10.3. The summed E-state index contributed by atoms with van der Waals surface area (Å²) in [4.78, 5) is 0. The van der Waals surface area contributed by atoms with Crippen molar-refractivity contribution in [1.29, 1.82) is 0 Å². The highest BCUT2D eigenvalue weighted by molar-refractivity contribution is 5.39. The molecule has 3 heteroatoms. The van der Waals surface area contributed by atoms with Crippen molar-refractivity contribution in [1.82, 2.24) is 5.32 Å². The zero-order chi connectivity index (χ0) is 12.3. The molecule has 0 unspecified atom stereocenters. The van der Waals surface area contributed by atoms with Crippen LogP contribution in [-0.4, -0.2) is 26.3 Å². The van der Waals surface area contributed by atoms with Gasteiger partial charge in [-0.25, -0.2) is 0 Å². The number of ether oxygens (including phenoxy) is 2. The minimum absolute atomic E-state index is 0.606. The first-order valence-corrected chi connectivity index (χ1v) is 5.87. The van der Waals surface area contributed by atoms with Gasteiger partial charge < -0.3 is 14.8 Å². The molecule has 0 aliphatic rings. The molecule has 0 atom stereocenters. The van der Waals surface area contributed by atoms with E-state index in [2.05, 4.69) is 11.2 Å². The molecule has 92 valence electrons. The van der Waals surface area contributed by atoms with Crippen molar-refractivity contribution in [2.24, 2.45) is 0 Å². The van der Waals surface area contributed by atoms with Crippen LogP contribution in [0.25, 0.3) is 0 Å². The Hall–Kier alpha value is -1.66. The maximum atomic E-state index is 5.63. The van der Waals surface area contributed by atoms with E-state index in [0.29, 0.717) is 13.2 Å². The summed E-state index contributed by atoms with van der Waals surface area (Å²) in [6, 6.07) is 7.68. The predicted molar refractivity (Wildman–Crippen MR) is 69.4 cm³/mol. The Morgan fingerprint density at radius 3 is 2.53 bits per heavy atom. The first kappa shape index (κ1) is 13.4. The quantitative estimate of drug-likeness (QED) is 0.551. The van der Waals surface area contributed by atoms with Crippen LogP contribution in [0.4, 0.5) is 0 Å². The van der Waals surface area contributed by atoms with E-state index in [1.807, 2.05) is 31.2 Å². The zero-order valence-corrected chi connectivity index (χ0v) is 10.2. The predicted octanol–water partition coefficient (Wildman–Crippen LogP) is 2.08. The third-order valence-electron chi connectivity index (χ3n) is 2.13. The summed E-state index contributed by atoms with van der Waals surface area (Å²) >= 11 is 0. The van der Waals surface area contributed by atoms with Crippen LogP contribution < -0.4 is 14.8 Å². The van der Waals surface area contributed by atoms with Crippen molar-refractivity contribution in [3.8, 4) is 23.8 Å². The Balaban J connectivity index is 2.28. The average molecular weight is 233 g/mol. The van der Waals surface area contributed by atoms with E-state index in [-0.39, 0.29) is 0 Å². The molecule has 0 fully saturated rings. The Bertz CT molecular complexity index is 357. The van der Waals surface area contributed by atoms with E-state index >= 15 is 0 Å². The van der Waals surface area contributed by atoms with E-state index in [4.69, 9.17) is 15.9 Å². The first-order valence-electron chi connectivity index (χ1n) is 5.87. The molecular formula is C14H19NO2. The van der Waals surface area contributed by atoms with Crippen molar-refractivity contribution in [3.05, 3.63) is 24.3 Å². The lowest BCUT2D eigenvalue weighted by molar-refractivity contribution is 0.276. The largest absolute Gasteiger partial charge is 0.490 e. The van der Waals surface area contributed by atoms with E-state index in [9.17, 15) is 0 Å². The average Bonchev–Trinajstić information content (AvgIpc) is 2.36. The third-order valence-corrected chi connectivity index (χ3v) is 2.13. The highest BCUT2D eigenvalue weighted by Gasteiger charge is 2.02. The van der Waals surface area contributed by atoms with Gasteiger partial charge in [0.15, 0.2) is 11.5 Å². The fourth-order valence-electron chi connectivity index (χ4n) is 1.36. The summed E-state index contributed by atoms with van der Waals surface area (Å²) in [5, 5.41) is 3.20. The molecule has 0 saturated heterocycles. The summed E-state index contributed by atoms with van der Waals surface area (Å²) in [6.45, 7) is 4.81. The monoisotopic (exact) mass is 233 g/mol. The van der Waals surface area contributed by atoms with Crippen LogP contribution in [0.3, 0.4) is 0 Å². The van der Waals surface area contributed by atoms with Crippen molar-refractivity contribution < 1.29 is 9.47 Å². The van der Waals surface area contributed by atoms with Gasteiger partial charge in [-0.3, -0.25) is 0 Å². The van der Waals surface area contributed by atoms with Gasteiger partial charge in [-0.05, 0) is 19.1 Å². The molecule has 0 radical (unpaired) electrons. The molecule has 1 aromatic rings. The number of para-hydroxylation sites is 2. The SMILES string of the molecule is C#CCCNCCOc1ccccc1OCC. The maximum Gasteiger partial charge on any atom is 0.161 e. The number of hydrogen-bond donors (Lipinski definition) is 1. The molecule has 1 aromatic carbocycles. The van der Waals surface area contributed by atoms with Crippen molar-refractivity contribution in [2.75, 3.05) is 26.3 Å². The number of terminal acetylenes is 1. The van der Waals surface area contributed by atoms with Crippen LogP contribution >= 0.6 is 0 Å². The molecule has 0 heterocycles. The van der Waals surface area contributed by atoms with Gasteiger partial charge in [0.25, 0.3) is 0 Å². The molecule has 0 spiro atoms. The third kappa shape index (κ3) is 5.28. The van der Waals surface area contributed by atoms with Gasteiger partial charge in [-0.15, -0.1) is 12.3 Å². The van der Waals surface area contributed by atoms with Gasteiger partial charge in [0.1, 0.15) is 6.61 Å². The molecule has 3 nitrogen and oxygen atoms in total. The number of nitrogens with one attached hydrogen (secondary N) is 1. The maximum absolute atomic E-state index is 5.63. The molecule has 0 aliphatic carbocycles. The normalized spacial score (nSPS) is 9.65. The second-order valence-corrected chi connectivity index (χ2v) is 3.43. The van der Waals surface area contributed by atoms with Crippen molar-refractivity contribution in [2.45, 2.75) is 13.3 Å². The Morgan fingerprint density at radius 2 is 1.88 bits per heavy atom. The second-order valence-electron chi connectivity index (χ2n) is 3.43. The summed E-state index contributed by atoms with van der Waals surface area (Å²) in [6.07, 6.45) is 5.90. The summed E-state index contributed by atoms with van der Waals surface area (Å²) in [7, 11) is 0. The van der Waals surface area contributed by atoms with Crippen molar-refractivity contribution in [3.63, 3.8) is 0 Å². The zero-order valence-electron chi connectivity index (χ0n) is 10.2. The van der Waals surface area contributed by atoms with E-state index in [0.717, 1.165) is 31.0 Å². The van der Waals surface area contributed by atoms with Crippen LogP contribution in [0.5, 0.6) is 11.5 Å². The molecule has 0 amide bonds. The fraction of sp³-hybridized carbons (Fsp3) is 0.429. The van der Waals surface area contributed by atoms with Gasteiger partial charge in [0.05, 0.1) is 6.61 Å². The van der Waals surface area contributed by atoms with Crippen LogP contribution in [0.2, 0.25) is 0 Å². The van der Waals surface area contributed by atoms with Gasteiger partial charge in [-0.1, -0.05) is 12.1 Å². The highest BCUT2D eigenvalue weighted by atomic mass is 16.5. The molecular weight excluding hydrogens is 214 g/mol. The van der Waals surface area contributed by atoms with Crippen LogP contribution in [0, 0.1) is 12.3 Å². The van der Waals surface area contributed by atoms with Gasteiger partial charge in [0.2, 0.25) is 0 Å². The van der Waals surface area contributed by atoms with Gasteiger partial charge in [0, 0.05) is 19.5 Å². The van der Waals surface area contributed by atoms with Crippen LogP contribution in [-0.2, 0) is 0 Å². The molecule has 0 bridgehead atoms.